The first-order chi connectivity index (χ1) is 8.69. The normalized spacial score (nSPS) is 9.89. The molecule has 2 aromatic rings. The van der Waals surface area contributed by atoms with Crippen LogP contribution in [0.4, 0.5) is 15.9 Å². The Morgan fingerprint density at radius 2 is 1.89 bits per heavy atom. The Morgan fingerprint density at radius 1 is 1.17 bits per heavy atom. The maximum Gasteiger partial charge on any atom is 0.274 e. The fourth-order valence-corrected chi connectivity index (χ4v) is 1.43. The summed E-state index contributed by atoms with van der Waals surface area (Å²) < 4.78 is 12.7. The molecule has 1 aromatic heterocycles. The van der Waals surface area contributed by atoms with Crippen molar-refractivity contribution in [3.05, 3.63) is 54.0 Å². The number of nitrogens with zero attached hydrogens (tertiary/aromatic N) is 1. The molecule has 1 aromatic carbocycles. The Labute approximate surface area is 104 Å². The highest BCUT2D eigenvalue weighted by Gasteiger charge is 2.08. The number of halogens is 1. The van der Waals surface area contributed by atoms with Gasteiger partial charge in [-0.25, -0.2) is 9.37 Å². The van der Waals surface area contributed by atoms with Crippen molar-refractivity contribution < 1.29 is 9.18 Å². The van der Waals surface area contributed by atoms with Gasteiger partial charge in [0.25, 0.3) is 5.91 Å². The molecule has 0 aliphatic rings. The summed E-state index contributed by atoms with van der Waals surface area (Å²) in [6.45, 7) is 0. The van der Waals surface area contributed by atoms with E-state index in [0.717, 1.165) is 0 Å². The second-order valence-electron chi connectivity index (χ2n) is 3.62. The molecule has 2 N–H and O–H groups in total. The molecule has 0 aliphatic heterocycles. The molecule has 0 fully saturated rings. The number of amides is 1. The zero-order chi connectivity index (χ0) is 13.0. The van der Waals surface area contributed by atoms with Gasteiger partial charge in [0.15, 0.2) is 0 Å². The van der Waals surface area contributed by atoms with Gasteiger partial charge in [0.1, 0.15) is 17.3 Å². The molecule has 0 saturated carbocycles. The molecular formula is C13H12FN3O. The van der Waals surface area contributed by atoms with Crippen LogP contribution in [-0.2, 0) is 0 Å². The third-order valence-corrected chi connectivity index (χ3v) is 2.34. The van der Waals surface area contributed by atoms with Crippen molar-refractivity contribution in [3.8, 4) is 0 Å². The monoisotopic (exact) mass is 245 g/mol. The molecule has 5 heteroatoms. The van der Waals surface area contributed by atoms with Crippen LogP contribution < -0.4 is 10.6 Å². The van der Waals surface area contributed by atoms with Crippen molar-refractivity contribution in [2.45, 2.75) is 0 Å². The van der Waals surface area contributed by atoms with Crippen molar-refractivity contribution >= 4 is 17.4 Å². The van der Waals surface area contributed by atoms with E-state index >= 15 is 0 Å². The molecule has 0 bridgehead atoms. The van der Waals surface area contributed by atoms with Gasteiger partial charge < -0.3 is 10.6 Å². The summed E-state index contributed by atoms with van der Waals surface area (Å²) in [5.74, 6) is -0.0660. The smallest absolute Gasteiger partial charge is 0.274 e. The van der Waals surface area contributed by atoms with E-state index in [1.807, 2.05) is 0 Å². The SMILES string of the molecule is CNc1cccc(C(=O)Nc2ccc(F)cc2)n1. The first-order valence-corrected chi connectivity index (χ1v) is 5.41. The molecule has 0 saturated heterocycles. The number of benzene rings is 1. The van der Waals surface area contributed by atoms with Gasteiger partial charge in [-0.1, -0.05) is 6.07 Å². The Balaban J connectivity index is 2.14. The third-order valence-electron chi connectivity index (χ3n) is 2.34. The third kappa shape index (κ3) is 2.82. The standard InChI is InChI=1S/C13H12FN3O/c1-15-12-4-2-3-11(17-12)13(18)16-10-7-5-9(14)6-8-10/h2-8H,1H3,(H,15,17)(H,16,18). The Morgan fingerprint density at radius 3 is 2.56 bits per heavy atom. The van der Waals surface area contributed by atoms with E-state index in [0.29, 0.717) is 17.2 Å². The van der Waals surface area contributed by atoms with Crippen LogP contribution in [0.15, 0.2) is 42.5 Å². The number of rotatable bonds is 3. The largest absolute Gasteiger partial charge is 0.373 e. The van der Waals surface area contributed by atoms with Gasteiger partial charge in [0, 0.05) is 12.7 Å². The topological polar surface area (TPSA) is 54.0 Å². The predicted molar refractivity (Wildman–Crippen MR) is 68.1 cm³/mol. The van der Waals surface area contributed by atoms with E-state index in [-0.39, 0.29) is 11.7 Å². The van der Waals surface area contributed by atoms with Gasteiger partial charge in [-0.15, -0.1) is 0 Å². The number of hydrogen-bond acceptors (Lipinski definition) is 3. The highest BCUT2D eigenvalue weighted by Crippen LogP contribution is 2.10. The number of pyridine rings is 1. The molecule has 0 spiro atoms. The maximum atomic E-state index is 12.7. The minimum absolute atomic E-state index is 0.297. The summed E-state index contributed by atoms with van der Waals surface area (Å²) in [6.07, 6.45) is 0. The number of hydrogen-bond donors (Lipinski definition) is 2. The van der Waals surface area contributed by atoms with E-state index in [1.54, 1.807) is 25.2 Å². The lowest BCUT2D eigenvalue weighted by molar-refractivity contribution is 0.102. The minimum atomic E-state index is -0.344. The van der Waals surface area contributed by atoms with Crippen LogP contribution in [-0.4, -0.2) is 17.9 Å². The van der Waals surface area contributed by atoms with E-state index in [1.165, 1.54) is 24.3 Å². The van der Waals surface area contributed by atoms with Gasteiger partial charge in [-0.2, -0.15) is 0 Å². The molecule has 0 atom stereocenters. The molecular weight excluding hydrogens is 233 g/mol. The average molecular weight is 245 g/mol. The lowest BCUT2D eigenvalue weighted by Gasteiger charge is -2.05. The fraction of sp³-hybridized carbons (Fsp3) is 0.0769. The molecule has 4 nitrogen and oxygen atoms in total. The van der Waals surface area contributed by atoms with E-state index < -0.39 is 0 Å². The van der Waals surface area contributed by atoms with Crippen LogP contribution in [0.2, 0.25) is 0 Å². The van der Waals surface area contributed by atoms with Gasteiger partial charge >= 0.3 is 0 Å². The Kier molecular flexibility index (Phi) is 3.52. The summed E-state index contributed by atoms with van der Waals surface area (Å²) in [5.41, 5.74) is 0.823. The lowest BCUT2D eigenvalue weighted by Crippen LogP contribution is -2.14. The van der Waals surface area contributed by atoms with Gasteiger partial charge in [0.05, 0.1) is 0 Å². The predicted octanol–water partition coefficient (Wildman–Crippen LogP) is 2.51. The van der Waals surface area contributed by atoms with Crippen molar-refractivity contribution in [2.24, 2.45) is 0 Å². The molecule has 0 unspecified atom stereocenters. The lowest BCUT2D eigenvalue weighted by atomic mass is 10.3. The average Bonchev–Trinajstić information content (AvgIpc) is 2.41. The van der Waals surface area contributed by atoms with Crippen molar-refractivity contribution in [1.82, 2.24) is 4.98 Å². The van der Waals surface area contributed by atoms with Crippen LogP contribution in [0.5, 0.6) is 0 Å². The molecule has 1 heterocycles. The van der Waals surface area contributed by atoms with Crippen molar-refractivity contribution in [3.63, 3.8) is 0 Å². The summed E-state index contributed by atoms with van der Waals surface area (Å²) in [6, 6.07) is 10.7. The summed E-state index contributed by atoms with van der Waals surface area (Å²) in [5, 5.41) is 5.49. The second-order valence-corrected chi connectivity index (χ2v) is 3.62. The molecule has 2 rings (SSSR count). The number of anilines is 2. The first kappa shape index (κ1) is 12.0. The quantitative estimate of drug-likeness (QED) is 0.873. The zero-order valence-corrected chi connectivity index (χ0v) is 9.77. The maximum absolute atomic E-state index is 12.7. The molecule has 0 aliphatic carbocycles. The van der Waals surface area contributed by atoms with Crippen LogP contribution in [0.1, 0.15) is 10.5 Å². The zero-order valence-electron chi connectivity index (χ0n) is 9.77. The highest BCUT2D eigenvalue weighted by molar-refractivity contribution is 6.03. The van der Waals surface area contributed by atoms with E-state index in [4.69, 9.17) is 0 Å². The van der Waals surface area contributed by atoms with Gasteiger partial charge in [0.2, 0.25) is 0 Å². The molecule has 1 amide bonds. The van der Waals surface area contributed by atoms with Gasteiger partial charge in [-0.05, 0) is 36.4 Å². The molecule has 18 heavy (non-hydrogen) atoms. The second kappa shape index (κ2) is 5.27. The Hall–Kier alpha value is -2.43. The molecule has 0 radical (unpaired) electrons. The number of nitrogens with one attached hydrogen (secondary N) is 2. The number of carbonyl (C=O) groups is 1. The van der Waals surface area contributed by atoms with Crippen LogP contribution in [0.3, 0.4) is 0 Å². The van der Waals surface area contributed by atoms with Crippen molar-refractivity contribution in [1.29, 1.82) is 0 Å². The van der Waals surface area contributed by atoms with Crippen LogP contribution >= 0.6 is 0 Å². The fourth-order valence-electron chi connectivity index (χ4n) is 1.43. The summed E-state index contributed by atoms with van der Waals surface area (Å²) >= 11 is 0. The van der Waals surface area contributed by atoms with Crippen LogP contribution in [0, 0.1) is 5.82 Å². The first-order valence-electron chi connectivity index (χ1n) is 5.41. The highest BCUT2D eigenvalue weighted by atomic mass is 19.1. The van der Waals surface area contributed by atoms with E-state index in [2.05, 4.69) is 15.6 Å². The van der Waals surface area contributed by atoms with E-state index in [9.17, 15) is 9.18 Å². The Bertz CT molecular complexity index is 554. The minimum Gasteiger partial charge on any atom is -0.373 e. The van der Waals surface area contributed by atoms with Crippen molar-refractivity contribution in [2.75, 3.05) is 17.7 Å². The van der Waals surface area contributed by atoms with Gasteiger partial charge in [-0.3, -0.25) is 4.79 Å². The number of carbonyl (C=O) groups excluding carboxylic acids is 1. The summed E-state index contributed by atoms with van der Waals surface area (Å²) in [4.78, 5) is 16.0. The molecule has 92 valence electrons. The summed E-state index contributed by atoms with van der Waals surface area (Å²) in [7, 11) is 1.73. The number of aromatic nitrogens is 1. The van der Waals surface area contributed by atoms with Crippen LogP contribution in [0.25, 0.3) is 0 Å².